The first-order valence-electron chi connectivity index (χ1n) is 4.13. The van der Waals surface area contributed by atoms with Gasteiger partial charge in [-0.3, -0.25) is 4.79 Å². The van der Waals surface area contributed by atoms with Crippen molar-refractivity contribution in [2.75, 3.05) is 13.2 Å². The van der Waals surface area contributed by atoms with E-state index in [1.165, 1.54) is 11.8 Å². The van der Waals surface area contributed by atoms with Crippen molar-refractivity contribution in [1.82, 2.24) is 4.90 Å². The van der Waals surface area contributed by atoms with Gasteiger partial charge in [0, 0.05) is 6.92 Å². The number of carboxylic acid groups (broad SMARTS) is 1. The Morgan fingerprint density at radius 3 is 2.46 bits per heavy atom. The maximum atomic E-state index is 11.1. The molecule has 5 nitrogen and oxygen atoms in total. The third-order valence-electron chi connectivity index (χ3n) is 2.09. The van der Waals surface area contributed by atoms with E-state index in [2.05, 4.69) is 0 Å². The molecule has 13 heavy (non-hydrogen) atoms. The molecule has 1 saturated heterocycles. The summed E-state index contributed by atoms with van der Waals surface area (Å²) in [5.74, 6) is -1.23. The number of rotatable bonds is 1. The molecule has 0 aliphatic carbocycles. The highest BCUT2D eigenvalue weighted by atomic mass is 16.5. The zero-order chi connectivity index (χ0) is 10.0. The molecule has 0 aromatic rings. The van der Waals surface area contributed by atoms with Crippen LogP contribution in [0, 0.1) is 0 Å². The molecule has 5 heteroatoms. The van der Waals surface area contributed by atoms with Gasteiger partial charge in [-0.1, -0.05) is 0 Å². The number of hydrogen-bond acceptors (Lipinski definition) is 3. The van der Waals surface area contributed by atoms with E-state index in [0.717, 1.165) is 0 Å². The molecule has 0 aromatic carbocycles. The van der Waals surface area contributed by atoms with E-state index in [1.54, 1.807) is 6.92 Å². The fourth-order valence-corrected chi connectivity index (χ4v) is 1.54. The Bertz CT molecular complexity index is 228. The second-order valence-corrected chi connectivity index (χ2v) is 3.17. The number of morpholine rings is 1. The topological polar surface area (TPSA) is 66.8 Å². The number of aliphatic carboxylic acids is 1. The molecule has 1 heterocycles. The molecule has 1 amide bonds. The number of carbonyl (C=O) groups excluding carboxylic acids is 1. The van der Waals surface area contributed by atoms with Crippen molar-refractivity contribution < 1.29 is 19.4 Å². The first-order chi connectivity index (χ1) is 6.04. The fourth-order valence-electron chi connectivity index (χ4n) is 1.54. The maximum Gasteiger partial charge on any atom is 0.328 e. The summed E-state index contributed by atoms with van der Waals surface area (Å²) in [5, 5.41) is 8.80. The molecule has 0 saturated carbocycles. The summed E-state index contributed by atoms with van der Waals surface area (Å²) in [4.78, 5) is 23.2. The Hall–Kier alpha value is -1.10. The van der Waals surface area contributed by atoms with Gasteiger partial charge in [-0.25, -0.2) is 4.79 Å². The van der Waals surface area contributed by atoms with Gasteiger partial charge in [-0.05, 0) is 6.92 Å². The normalized spacial score (nSPS) is 28.6. The number of ether oxygens (including phenoxy) is 1. The molecular formula is C8H13NO4. The first-order valence-corrected chi connectivity index (χ1v) is 4.13. The van der Waals surface area contributed by atoms with E-state index in [1.807, 2.05) is 0 Å². The molecule has 0 radical (unpaired) electrons. The zero-order valence-corrected chi connectivity index (χ0v) is 7.69. The highest BCUT2D eigenvalue weighted by Crippen LogP contribution is 2.13. The van der Waals surface area contributed by atoms with Crippen LogP contribution in [0.5, 0.6) is 0 Å². The van der Waals surface area contributed by atoms with Crippen LogP contribution in [-0.4, -0.2) is 47.2 Å². The van der Waals surface area contributed by atoms with Gasteiger partial charge in [-0.2, -0.15) is 0 Å². The molecule has 1 fully saturated rings. The molecule has 0 bridgehead atoms. The maximum absolute atomic E-state index is 11.1. The van der Waals surface area contributed by atoms with Crippen molar-refractivity contribution in [2.45, 2.75) is 25.9 Å². The number of amides is 1. The lowest BCUT2D eigenvalue weighted by Crippen LogP contribution is -2.56. The molecule has 1 rings (SSSR count). The van der Waals surface area contributed by atoms with E-state index >= 15 is 0 Å². The zero-order valence-electron chi connectivity index (χ0n) is 7.69. The average Bonchev–Trinajstić information content (AvgIpc) is 2.02. The summed E-state index contributed by atoms with van der Waals surface area (Å²) < 4.78 is 5.06. The van der Waals surface area contributed by atoms with Crippen LogP contribution in [0.2, 0.25) is 0 Å². The smallest absolute Gasteiger partial charge is 0.328 e. The summed E-state index contributed by atoms with van der Waals surface area (Å²) in [7, 11) is 0. The summed E-state index contributed by atoms with van der Waals surface area (Å²) in [6.07, 6.45) is 0. The number of carboxylic acids is 1. The van der Waals surface area contributed by atoms with Gasteiger partial charge in [-0.15, -0.1) is 0 Å². The van der Waals surface area contributed by atoms with Gasteiger partial charge in [0.05, 0.1) is 19.3 Å². The minimum Gasteiger partial charge on any atom is -0.480 e. The van der Waals surface area contributed by atoms with Crippen LogP contribution >= 0.6 is 0 Å². The molecule has 0 aromatic heterocycles. The summed E-state index contributed by atoms with van der Waals surface area (Å²) >= 11 is 0. The van der Waals surface area contributed by atoms with Crippen LogP contribution < -0.4 is 0 Å². The Morgan fingerprint density at radius 2 is 2.08 bits per heavy atom. The number of carbonyl (C=O) groups is 2. The second-order valence-electron chi connectivity index (χ2n) is 3.17. The molecule has 1 N–H and O–H groups in total. The third kappa shape index (κ3) is 1.98. The van der Waals surface area contributed by atoms with Gasteiger partial charge in [0.2, 0.25) is 5.91 Å². The summed E-state index contributed by atoms with van der Waals surface area (Å²) in [6.45, 7) is 3.64. The van der Waals surface area contributed by atoms with E-state index in [-0.39, 0.29) is 18.6 Å². The molecule has 0 unspecified atom stereocenters. The van der Waals surface area contributed by atoms with Crippen molar-refractivity contribution in [1.29, 1.82) is 0 Å². The van der Waals surface area contributed by atoms with Crippen LogP contribution in [-0.2, 0) is 14.3 Å². The average molecular weight is 187 g/mol. The predicted octanol–water partition coefficient (Wildman–Crippen LogP) is -0.293. The lowest BCUT2D eigenvalue weighted by molar-refractivity contribution is -0.161. The van der Waals surface area contributed by atoms with Crippen LogP contribution in [0.4, 0.5) is 0 Å². The highest BCUT2D eigenvalue weighted by molar-refractivity contribution is 5.82. The van der Waals surface area contributed by atoms with Crippen molar-refractivity contribution >= 4 is 11.9 Å². The van der Waals surface area contributed by atoms with E-state index in [4.69, 9.17) is 9.84 Å². The van der Waals surface area contributed by atoms with Crippen molar-refractivity contribution in [3.63, 3.8) is 0 Å². The molecule has 1 aliphatic rings. The third-order valence-corrected chi connectivity index (χ3v) is 2.09. The summed E-state index contributed by atoms with van der Waals surface area (Å²) in [5.41, 5.74) is 0. The SMILES string of the molecule is CC(=O)N1[C@H](C)COC[C@@H]1C(=O)O. The first kappa shape index (κ1) is 9.98. The lowest BCUT2D eigenvalue weighted by Gasteiger charge is -2.37. The molecule has 1 aliphatic heterocycles. The largest absolute Gasteiger partial charge is 0.480 e. The standard InChI is InChI=1S/C8H13NO4/c1-5-3-13-4-7(8(11)12)9(5)6(2)10/h5,7H,3-4H2,1-2H3,(H,11,12)/t5-,7-/m1/s1. The quantitative estimate of drug-likeness (QED) is 0.612. The van der Waals surface area contributed by atoms with Crippen molar-refractivity contribution in [2.24, 2.45) is 0 Å². The van der Waals surface area contributed by atoms with Crippen LogP contribution in [0.3, 0.4) is 0 Å². The Morgan fingerprint density at radius 1 is 1.46 bits per heavy atom. The van der Waals surface area contributed by atoms with E-state index < -0.39 is 12.0 Å². The van der Waals surface area contributed by atoms with E-state index in [9.17, 15) is 9.59 Å². The van der Waals surface area contributed by atoms with Gasteiger partial charge in [0.25, 0.3) is 0 Å². The summed E-state index contributed by atoms with van der Waals surface area (Å²) in [6, 6.07) is -0.992. The monoisotopic (exact) mass is 187 g/mol. The molecule has 2 atom stereocenters. The Kier molecular flexibility index (Phi) is 2.87. The Balaban J connectivity index is 2.80. The van der Waals surface area contributed by atoms with Gasteiger partial charge in [0.1, 0.15) is 0 Å². The minimum absolute atomic E-state index is 0.0826. The lowest BCUT2D eigenvalue weighted by atomic mass is 10.1. The fraction of sp³-hybridized carbons (Fsp3) is 0.750. The molecule has 0 spiro atoms. The predicted molar refractivity (Wildman–Crippen MR) is 44.2 cm³/mol. The van der Waals surface area contributed by atoms with Gasteiger partial charge < -0.3 is 14.7 Å². The van der Waals surface area contributed by atoms with Crippen molar-refractivity contribution in [3.05, 3.63) is 0 Å². The number of nitrogens with zero attached hydrogens (tertiary/aromatic N) is 1. The van der Waals surface area contributed by atoms with Crippen molar-refractivity contribution in [3.8, 4) is 0 Å². The van der Waals surface area contributed by atoms with E-state index in [0.29, 0.717) is 6.61 Å². The van der Waals surface area contributed by atoms with Crippen LogP contribution in [0.1, 0.15) is 13.8 Å². The molecular weight excluding hydrogens is 174 g/mol. The van der Waals surface area contributed by atoms with Crippen LogP contribution in [0.15, 0.2) is 0 Å². The van der Waals surface area contributed by atoms with Gasteiger partial charge in [0.15, 0.2) is 6.04 Å². The second kappa shape index (κ2) is 3.74. The minimum atomic E-state index is -1.01. The number of hydrogen-bond donors (Lipinski definition) is 1. The highest BCUT2D eigenvalue weighted by Gasteiger charge is 2.35. The Labute approximate surface area is 76.3 Å². The van der Waals surface area contributed by atoms with Gasteiger partial charge >= 0.3 is 5.97 Å². The molecule has 74 valence electrons. The van der Waals surface area contributed by atoms with Crippen LogP contribution in [0.25, 0.3) is 0 Å².